The molecule has 0 fully saturated rings. The van der Waals surface area contributed by atoms with Crippen molar-refractivity contribution in [1.29, 1.82) is 0 Å². The molecule has 0 N–H and O–H groups in total. The monoisotopic (exact) mass is 798 g/mol. The largest absolute Gasteiger partial charge is 3.00 e. The second-order valence-electron chi connectivity index (χ2n) is 12.2. The number of halogens is 11. The first-order chi connectivity index (χ1) is 20.1. The van der Waals surface area contributed by atoms with Crippen LogP contribution in [0, 0.1) is 0 Å². The summed E-state index contributed by atoms with van der Waals surface area (Å²) in [4.78, 5) is 4.62. The number of hydrogen-bond donors (Lipinski definition) is 0. The van der Waals surface area contributed by atoms with E-state index in [9.17, 15) is 39.5 Å². The Labute approximate surface area is 299 Å². The molecule has 7 rings (SSSR count). The van der Waals surface area contributed by atoms with Crippen LogP contribution in [0.5, 0.6) is 0 Å². The third-order valence-corrected chi connectivity index (χ3v) is 12.5. The first-order valence-corrected chi connectivity index (χ1v) is 16.9. The van der Waals surface area contributed by atoms with Gasteiger partial charge in [-0.2, -0.15) is 45.6 Å². The van der Waals surface area contributed by atoms with Crippen molar-refractivity contribution in [3.63, 3.8) is 0 Å². The Morgan fingerprint density at radius 1 is 0.766 bits per heavy atom. The van der Waals surface area contributed by atoms with Gasteiger partial charge in [0.05, 0.1) is 5.71 Å². The molecule has 14 heteroatoms. The van der Waals surface area contributed by atoms with Crippen molar-refractivity contribution >= 4 is 24.6 Å². The number of fused-ring (bicyclic) bond motifs is 1. The number of aliphatic imine (C=N–C) groups is 1. The van der Waals surface area contributed by atoms with Crippen LogP contribution in [0.1, 0.15) is 44.7 Å². The summed E-state index contributed by atoms with van der Waals surface area (Å²) in [6.07, 6.45) is -17.7. The van der Waals surface area contributed by atoms with Crippen molar-refractivity contribution in [1.82, 2.24) is 0 Å². The zero-order valence-electron chi connectivity index (χ0n) is 26.0. The van der Waals surface area contributed by atoms with Crippen LogP contribution in [-0.4, -0.2) is 32.3 Å². The van der Waals surface area contributed by atoms with Gasteiger partial charge < -0.3 is 24.8 Å². The fraction of sp³-hybridized carbons (Fsp3) is 0.333. The van der Waals surface area contributed by atoms with Gasteiger partial charge in [0.2, 0.25) is 0 Å². The molecule has 0 spiro atoms. The third kappa shape index (κ3) is 6.30. The molecule has 1 aliphatic carbocycles. The molecule has 251 valence electrons. The Morgan fingerprint density at radius 3 is 1.74 bits per heavy atom. The number of rotatable bonds is 3. The quantitative estimate of drug-likeness (QED) is 0.200. The number of allylic oxidation sites excluding steroid dienone is 6. The predicted molar refractivity (Wildman–Crippen MR) is 157 cm³/mol. The molecule has 4 aliphatic rings. The van der Waals surface area contributed by atoms with Crippen LogP contribution in [0.4, 0.5) is 39.5 Å². The molecule has 3 aliphatic heterocycles. The summed E-state index contributed by atoms with van der Waals surface area (Å²) in [5.41, 5.74) is -0.744. The van der Waals surface area contributed by atoms with Crippen LogP contribution in [0.2, 0.25) is 13.1 Å². The van der Waals surface area contributed by atoms with Crippen molar-refractivity contribution in [2.24, 2.45) is 4.99 Å². The minimum Gasteiger partial charge on any atom is -1.00 e. The van der Waals surface area contributed by atoms with Crippen LogP contribution in [0.15, 0.2) is 92.9 Å². The van der Waals surface area contributed by atoms with Gasteiger partial charge in [-0.15, -0.1) is 34.5 Å². The average molecular weight is 801 g/mol. The molecule has 3 aromatic rings. The normalized spacial score (nSPS) is 16.8. The third-order valence-electron chi connectivity index (χ3n) is 8.75. The molecular formula is C33H29Cl2F9NSiZr. The van der Waals surface area contributed by atoms with Gasteiger partial charge in [0, 0.05) is 11.3 Å². The van der Waals surface area contributed by atoms with E-state index in [0.717, 1.165) is 23.1 Å². The maximum absolute atomic E-state index is 13.3. The van der Waals surface area contributed by atoms with Gasteiger partial charge in [-0.25, -0.2) is 0 Å². The number of nitrogens with zero attached hydrogens (tertiary/aromatic N) is 1. The maximum Gasteiger partial charge on any atom is 3.00 e. The molecule has 1 nitrogen and oxygen atoms in total. The summed E-state index contributed by atoms with van der Waals surface area (Å²) >= 11 is 0. The second-order valence-corrected chi connectivity index (χ2v) is 16.5. The molecule has 47 heavy (non-hydrogen) atoms. The minimum atomic E-state index is -6.64. The summed E-state index contributed by atoms with van der Waals surface area (Å²) in [7, 11) is -1.15. The molecule has 0 amide bonds. The van der Waals surface area contributed by atoms with E-state index in [2.05, 4.69) is 38.0 Å². The zero-order valence-corrected chi connectivity index (χ0v) is 30.9. The SMILES string of the molecule is CC(C)c1cc2c(-c3ccc(C(C(F)(F)F)(C(F)(F)F)C(F)(F)F)cc3)cccc2[cH-]1.CC1=CC2=C3C(C)=C(C2=N1)[Si]3(C)C.[Cl-].[Cl-].[Zr+3]. The van der Waals surface area contributed by atoms with Gasteiger partial charge >= 0.3 is 44.7 Å². The molecule has 0 aromatic heterocycles. The van der Waals surface area contributed by atoms with Gasteiger partial charge in [0.15, 0.2) is 0 Å². The van der Waals surface area contributed by atoms with Gasteiger partial charge in [0.1, 0.15) is 8.07 Å². The number of alkyl halides is 9. The van der Waals surface area contributed by atoms with Crippen molar-refractivity contribution in [3.8, 4) is 11.1 Å². The van der Waals surface area contributed by atoms with E-state index in [1.165, 1.54) is 22.6 Å². The molecule has 3 aromatic carbocycles. The van der Waals surface area contributed by atoms with Crippen LogP contribution >= 0.6 is 0 Å². The fourth-order valence-corrected chi connectivity index (χ4v) is 10.6. The Kier molecular flexibility index (Phi) is 11.7. The van der Waals surface area contributed by atoms with Crippen LogP contribution in [-0.2, 0) is 31.6 Å². The average Bonchev–Trinajstić information content (AvgIpc) is 3.57. The van der Waals surface area contributed by atoms with Crippen LogP contribution < -0.4 is 24.8 Å². The first kappa shape index (κ1) is 41.2. The topological polar surface area (TPSA) is 12.4 Å². The van der Waals surface area contributed by atoms with Gasteiger partial charge in [0.25, 0.3) is 5.41 Å². The Bertz CT molecular complexity index is 1750. The summed E-state index contributed by atoms with van der Waals surface area (Å²) < 4.78 is 120. The van der Waals surface area contributed by atoms with E-state index < -0.39 is 37.6 Å². The summed E-state index contributed by atoms with van der Waals surface area (Å²) in [6.45, 7) is 13.1. The number of hydrogen-bond acceptors (Lipinski definition) is 1. The van der Waals surface area contributed by atoms with Crippen molar-refractivity contribution < 1.29 is 90.5 Å². The Morgan fingerprint density at radius 2 is 1.30 bits per heavy atom. The van der Waals surface area contributed by atoms with Crippen molar-refractivity contribution in [3.05, 3.63) is 99.0 Å². The minimum absolute atomic E-state index is 0. The summed E-state index contributed by atoms with van der Waals surface area (Å²) in [5.74, 6) is 0.175. The predicted octanol–water partition coefficient (Wildman–Crippen LogP) is 5.05. The summed E-state index contributed by atoms with van der Waals surface area (Å²) in [6, 6.07) is 11.0. The first-order valence-electron chi connectivity index (χ1n) is 13.9. The maximum atomic E-state index is 13.3. The molecule has 0 atom stereocenters. The van der Waals surface area contributed by atoms with Gasteiger partial charge in [-0.1, -0.05) is 62.8 Å². The van der Waals surface area contributed by atoms with Gasteiger partial charge in [-0.05, 0) is 52.9 Å². The van der Waals surface area contributed by atoms with Crippen molar-refractivity contribution in [2.45, 2.75) is 70.7 Å². The molecule has 1 radical (unpaired) electrons. The molecule has 2 bridgehead atoms. The zero-order chi connectivity index (χ0) is 32.8. The van der Waals surface area contributed by atoms with Crippen LogP contribution in [0.3, 0.4) is 0 Å². The Hall–Kier alpha value is -2.01. The summed E-state index contributed by atoms with van der Waals surface area (Å²) in [5, 5.41) is 4.79. The standard InChI is InChI=1S/C22H16F9.C11H13NSi.2ClH.Zr/c1-12(2)15-10-14-4-3-5-17(18(14)11-15)13-6-8-16(9-7-13)19(20(23,24)25,21(26,27)28)22(29,30)31;1-6-5-8-9(12-6)11-7(2)10(8)13(11,3)4;;;/h3-12H,1-2H3;5H,1-4H3;2*1H;/q-1;;;;+3/p-2. The molecule has 0 saturated heterocycles. The number of benzene rings is 2. The molecule has 0 saturated carbocycles. The second kappa shape index (κ2) is 13.4. The van der Waals surface area contributed by atoms with E-state index in [0.29, 0.717) is 10.9 Å². The van der Waals surface area contributed by atoms with Gasteiger partial charge in [-0.3, -0.25) is 4.99 Å². The molecule has 3 heterocycles. The van der Waals surface area contributed by atoms with E-state index in [4.69, 9.17) is 0 Å². The van der Waals surface area contributed by atoms with Crippen LogP contribution in [0.25, 0.3) is 21.9 Å². The molecule has 0 unspecified atom stereocenters. The van der Waals surface area contributed by atoms with E-state index in [1.807, 2.05) is 26.0 Å². The Balaban J connectivity index is 0.000000401. The van der Waals surface area contributed by atoms with E-state index in [1.54, 1.807) is 28.6 Å². The fourth-order valence-electron chi connectivity index (χ4n) is 6.78. The van der Waals surface area contributed by atoms with Crippen molar-refractivity contribution in [2.75, 3.05) is 0 Å². The van der Waals surface area contributed by atoms with E-state index >= 15 is 0 Å². The van der Waals surface area contributed by atoms with E-state index in [-0.39, 0.29) is 74.6 Å². The smallest absolute Gasteiger partial charge is 1.00 e. The molecular weight excluding hydrogens is 772 g/mol.